The van der Waals surface area contributed by atoms with E-state index < -0.39 is 10.6 Å². The van der Waals surface area contributed by atoms with E-state index in [2.05, 4.69) is 77.0 Å². The summed E-state index contributed by atoms with van der Waals surface area (Å²) in [7, 11) is -0.925. The Hall–Kier alpha value is -1.64. The first-order chi connectivity index (χ1) is 23.5. The Bertz CT molecular complexity index is 1520. The molecule has 6 aliphatic rings. The summed E-state index contributed by atoms with van der Waals surface area (Å²) in [5.74, 6) is 4.00. The molecular formula is C43H66N2O4S. The molecule has 0 bridgehead atoms. The fraction of sp³-hybridized carbons (Fsp3) is 0.744. The van der Waals surface area contributed by atoms with Gasteiger partial charge in [0, 0.05) is 30.4 Å². The van der Waals surface area contributed by atoms with Gasteiger partial charge in [-0.3, -0.25) is 9.11 Å². The van der Waals surface area contributed by atoms with Crippen LogP contribution in [0.4, 0.5) is 0 Å². The predicted octanol–water partition coefficient (Wildman–Crippen LogP) is 9.58. The molecule has 5 fully saturated rings. The van der Waals surface area contributed by atoms with Crippen LogP contribution in [0.2, 0.25) is 0 Å². The van der Waals surface area contributed by atoms with E-state index >= 15 is 0 Å². The lowest BCUT2D eigenvalue weighted by Crippen LogP contribution is -2.68. The van der Waals surface area contributed by atoms with Crippen molar-refractivity contribution in [2.45, 2.75) is 117 Å². The number of methoxy groups -OCH3 is 1. The van der Waals surface area contributed by atoms with Gasteiger partial charge < -0.3 is 15.4 Å². The molecule has 0 radical (unpaired) electrons. The number of rotatable bonds is 8. The third kappa shape index (κ3) is 5.61. The minimum absolute atomic E-state index is 0.0463. The van der Waals surface area contributed by atoms with Crippen molar-refractivity contribution >= 4 is 22.1 Å². The maximum atomic E-state index is 12.1. The highest BCUT2D eigenvalue weighted by Gasteiger charge is 2.70. The number of allylic oxidation sites excluding steroid dienone is 3. The van der Waals surface area contributed by atoms with Crippen molar-refractivity contribution in [3.8, 4) is 0 Å². The van der Waals surface area contributed by atoms with E-state index in [-0.39, 0.29) is 28.4 Å². The van der Waals surface area contributed by atoms with Gasteiger partial charge in [-0.2, -0.15) is 10.6 Å². The number of benzene rings is 1. The van der Waals surface area contributed by atoms with E-state index in [9.17, 15) is 13.9 Å². The minimum atomic E-state index is -2.37. The maximum absolute atomic E-state index is 12.1. The number of ether oxygens (including phenoxy) is 1. The summed E-state index contributed by atoms with van der Waals surface area (Å²) in [6.07, 6.45) is 14.8. The summed E-state index contributed by atoms with van der Waals surface area (Å²) in [6.45, 7) is 21.8. The van der Waals surface area contributed by atoms with Gasteiger partial charge in [0.05, 0.1) is 18.4 Å². The van der Waals surface area contributed by atoms with Crippen LogP contribution in [0, 0.1) is 51.2 Å². The first kappa shape index (κ1) is 36.7. The average molecular weight is 707 g/mol. The zero-order valence-electron chi connectivity index (χ0n) is 32.1. The molecule has 4 N–H and O–H groups in total. The molecule has 1 heterocycles. The van der Waals surface area contributed by atoms with Gasteiger partial charge in [-0.05, 0) is 146 Å². The van der Waals surface area contributed by atoms with Crippen LogP contribution in [0.25, 0.3) is 5.57 Å². The van der Waals surface area contributed by atoms with Crippen LogP contribution in [0.5, 0.6) is 0 Å². The standard InChI is InChI=1S/C43H66N2O4S/c1-28(2)32-15-21-43(45-25-24-44-31-18-26-50(47,48)27-31)23-22-41(6)34(37(32)43)13-14-36-40(5)19-16-33(29-9-11-30(12-10-29)38(46)49-8)39(3,4)35(40)17-20-42(36,41)7/h9-12,16,31-32,34-37,44-45,47-48H,1,13-15,17-27H2,2-8H3/t31?,32-,34+,35-,36+,37+,40-,41+,42+,43-/m0/s1. The summed E-state index contributed by atoms with van der Waals surface area (Å²) < 4.78 is 25.2. The second-order valence-corrected chi connectivity index (χ2v) is 21.3. The quantitative estimate of drug-likeness (QED) is 0.122. The number of carbonyl (C=O) groups excluding carboxylic acids is 1. The van der Waals surface area contributed by atoms with E-state index in [1.807, 2.05) is 12.1 Å². The summed E-state index contributed by atoms with van der Waals surface area (Å²) >= 11 is 0. The average Bonchev–Trinajstić information content (AvgIpc) is 3.62. The zero-order valence-corrected chi connectivity index (χ0v) is 32.9. The molecule has 50 heavy (non-hydrogen) atoms. The second-order valence-electron chi connectivity index (χ2n) is 19.0. The molecule has 1 aliphatic heterocycles. The van der Waals surface area contributed by atoms with Crippen molar-refractivity contribution in [1.29, 1.82) is 0 Å². The molecule has 5 aliphatic carbocycles. The predicted molar refractivity (Wildman–Crippen MR) is 207 cm³/mol. The summed E-state index contributed by atoms with van der Waals surface area (Å²) in [4.78, 5) is 12.1. The highest BCUT2D eigenvalue weighted by molar-refractivity contribution is 8.24. The van der Waals surface area contributed by atoms with Gasteiger partial charge in [0.25, 0.3) is 0 Å². The first-order valence-electron chi connectivity index (χ1n) is 19.8. The van der Waals surface area contributed by atoms with Crippen LogP contribution in [0.1, 0.15) is 122 Å². The smallest absolute Gasteiger partial charge is 0.337 e. The van der Waals surface area contributed by atoms with E-state index in [1.165, 1.54) is 75.2 Å². The van der Waals surface area contributed by atoms with E-state index in [1.54, 1.807) is 0 Å². The molecule has 4 saturated carbocycles. The van der Waals surface area contributed by atoms with Gasteiger partial charge in [-0.25, -0.2) is 4.79 Å². The van der Waals surface area contributed by atoms with Crippen molar-refractivity contribution < 1.29 is 18.6 Å². The molecule has 6 nitrogen and oxygen atoms in total. The lowest BCUT2D eigenvalue weighted by Gasteiger charge is -2.72. The van der Waals surface area contributed by atoms with Gasteiger partial charge in [-0.1, -0.05) is 65.0 Å². The minimum Gasteiger partial charge on any atom is -0.465 e. The highest BCUT2D eigenvalue weighted by Crippen LogP contribution is 2.76. The fourth-order valence-electron chi connectivity index (χ4n) is 14.0. The highest BCUT2D eigenvalue weighted by atomic mass is 32.3. The molecule has 1 aromatic rings. The third-order valence-corrected chi connectivity index (χ3v) is 18.4. The van der Waals surface area contributed by atoms with Crippen LogP contribution >= 0.6 is 10.6 Å². The Balaban J connectivity index is 1.13. The third-order valence-electron chi connectivity index (χ3n) is 16.6. The SMILES string of the molecule is C=C(C)[C@@H]1CC[C@]2(NCCNC3CCS(O)(O)C3)CC[C@]3(C)[C@H](CC[C@@H]4[C@@]5(C)CC=C(c6ccc(C(=O)OC)cc6)C(C)(C)[C@@H]5CC[C@]43C)[C@@H]12. The largest absolute Gasteiger partial charge is 0.465 e. The van der Waals surface area contributed by atoms with Gasteiger partial charge in [0.15, 0.2) is 0 Å². The molecular weight excluding hydrogens is 641 g/mol. The van der Waals surface area contributed by atoms with Crippen molar-refractivity contribution in [3.63, 3.8) is 0 Å². The van der Waals surface area contributed by atoms with Crippen molar-refractivity contribution in [3.05, 3.63) is 53.6 Å². The topological polar surface area (TPSA) is 90.8 Å². The molecule has 7 rings (SSSR count). The number of fused-ring (bicyclic) bond motifs is 7. The summed E-state index contributed by atoms with van der Waals surface area (Å²) in [5.41, 5.74) is 5.75. The number of esters is 1. The summed E-state index contributed by atoms with van der Waals surface area (Å²) in [5, 5.41) is 7.85. The second kappa shape index (κ2) is 12.7. The maximum Gasteiger partial charge on any atom is 0.337 e. The lowest BCUT2D eigenvalue weighted by molar-refractivity contribution is -0.219. The van der Waals surface area contributed by atoms with Crippen LogP contribution in [0.3, 0.4) is 0 Å². The number of hydrogen-bond acceptors (Lipinski definition) is 6. The van der Waals surface area contributed by atoms with Crippen molar-refractivity contribution in [2.24, 2.45) is 51.2 Å². The van der Waals surface area contributed by atoms with Crippen LogP contribution < -0.4 is 10.6 Å². The number of carbonyl (C=O) groups is 1. The van der Waals surface area contributed by atoms with Crippen LogP contribution in [-0.2, 0) is 4.74 Å². The molecule has 1 saturated heterocycles. The Morgan fingerprint density at radius 1 is 0.920 bits per heavy atom. The van der Waals surface area contributed by atoms with E-state index in [0.29, 0.717) is 57.5 Å². The number of nitrogens with one attached hydrogen (secondary N) is 2. The summed E-state index contributed by atoms with van der Waals surface area (Å²) in [6, 6.07) is 8.34. The number of hydrogen-bond donors (Lipinski definition) is 4. The lowest BCUT2D eigenvalue weighted by atomic mass is 9.33. The Labute approximate surface area is 304 Å². The van der Waals surface area contributed by atoms with E-state index in [4.69, 9.17) is 4.74 Å². The molecule has 10 atom stereocenters. The van der Waals surface area contributed by atoms with E-state index in [0.717, 1.165) is 25.9 Å². The Morgan fingerprint density at radius 2 is 1.66 bits per heavy atom. The molecule has 1 unspecified atom stereocenters. The molecule has 278 valence electrons. The van der Waals surface area contributed by atoms with Crippen LogP contribution in [-0.4, -0.2) is 58.4 Å². The fourth-order valence-corrected chi connectivity index (χ4v) is 15.8. The van der Waals surface area contributed by atoms with Crippen molar-refractivity contribution in [2.75, 3.05) is 31.7 Å². The molecule has 0 amide bonds. The zero-order chi connectivity index (χ0) is 35.9. The molecule has 7 heteroatoms. The molecule has 1 aromatic carbocycles. The van der Waals surface area contributed by atoms with Crippen molar-refractivity contribution in [1.82, 2.24) is 10.6 Å². The van der Waals surface area contributed by atoms with Gasteiger partial charge in [-0.15, -0.1) is 0 Å². The normalized spacial score (nSPS) is 43.4. The molecule has 0 spiro atoms. The van der Waals surface area contributed by atoms with Gasteiger partial charge in [0.2, 0.25) is 0 Å². The Kier molecular flexibility index (Phi) is 9.36. The Morgan fingerprint density at radius 3 is 2.32 bits per heavy atom. The molecule has 0 aromatic heterocycles. The monoisotopic (exact) mass is 706 g/mol. The van der Waals surface area contributed by atoms with Gasteiger partial charge >= 0.3 is 5.97 Å². The van der Waals surface area contributed by atoms with Crippen LogP contribution in [0.15, 0.2) is 42.5 Å². The first-order valence-corrected chi connectivity index (χ1v) is 21.7. The van der Waals surface area contributed by atoms with Gasteiger partial charge in [0.1, 0.15) is 0 Å².